The second-order valence-corrected chi connectivity index (χ2v) is 15.3. The SMILES string of the molecule is COC(=O)N1C(=O)C2CC=C3C(CC4C(=O)N(c5cc(-c6sc7ccc(Cl)cc7c6C)nn5C)C(=O)C4(C)C3c3ccc(O)cc3OC)C2C1=O. The Morgan fingerprint density at radius 3 is 2.53 bits per heavy atom. The summed E-state index contributed by atoms with van der Waals surface area (Å²) in [5.41, 5.74) is 1.46. The summed E-state index contributed by atoms with van der Waals surface area (Å²) >= 11 is 7.83. The van der Waals surface area contributed by atoms with Gasteiger partial charge < -0.3 is 14.6 Å². The van der Waals surface area contributed by atoms with Crippen molar-refractivity contribution in [3.05, 3.63) is 70.3 Å². The maximum absolute atomic E-state index is 15.0. The van der Waals surface area contributed by atoms with Crippen molar-refractivity contribution in [1.29, 1.82) is 0 Å². The number of aromatic hydroxyl groups is 1. The second kappa shape index (κ2) is 11.5. The van der Waals surface area contributed by atoms with Gasteiger partial charge in [0.1, 0.15) is 23.0 Å². The van der Waals surface area contributed by atoms with Crippen LogP contribution in [0.5, 0.6) is 11.5 Å². The molecule has 2 aromatic heterocycles. The normalized spacial score (nSPS) is 27.1. The molecule has 0 spiro atoms. The minimum atomic E-state index is -1.36. The van der Waals surface area contributed by atoms with E-state index in [0.717, 1.165) is 27.6 Å². The van der Waals surface area contributed by atoms with Gasteiger partial charge in [-0.15, -0.1) is 11.3 Å². The third kappa shape index (κ3) is 4.50. The van der Waals surface area contributed by atoms with Gasteiger partial charge in [-0.05, 0) is 67.8 Å². The number of amides is 5. The molecule has 5 amide bonds. The first-order valence-electron chi connectivity index (χ1n) is 16.5. The average Bonchev–Trinajstić information content (AvgIpc) is 3.78. The van der Waals surface area contributed by atoms with Crippen LogP contribution in [0, 0.1) is 36.0 Å². The minimum Gasteiger partial charge on any atom is -0.508 e. The maximum Gasteiger partial charge on any atom is 0.423 e. The first-order chi connectivity index (χ1) is 24.3. The van der Waals surface area contributed by atoms with Gasteiger partial charge in [0.2, 0.25) is 23.6 Å². The van der Waals surface area contributed by atoms with Crippen LogP contribution in [0.4, 0.5) is 10.6 Å². The van der Waals surface area contributed by atoms with Gasteiger partial charge >= 0.3 is 6.09 Å². The van der Waals surface area contributed by atoms with Crippen LogP contribution in [-0.2, 0) is 31.0 Å². The monoisotopic (exact) mass is 728 g/mol. The lowest BCUT2D eigenvalue weighted by atomic mass is 9.51. The molecule has 2 aliphatic heterocycles. The number of phenols is 1. The Morgan fingerprint density at radius 2 is 1.80 bits per heavy atom. The molecule has 4 heterocycles. The van der Waals surface area contributed by atoms with E-state index in [2.05, 4.69) is 0 Å². The number of anilines is 1. The fourth-order valence-corrected chi connectivity index (χ4v) is 10.3. The van der Waals surface area contributed by atoms with Crippen LogP contribution in [0.2, 0.25) is 5.02 Å². The summed E-state index contributed by atoms with van der Waals surface area (Å²) in [7, 11) is 4.24. The molecule has 2 aromatic carbocycles. The number of carbonyl (C=O) groups is 5. The molecule has 51 heavy (non-hydrogen) atoms. The summed E-state index contributed by atoms with van der Waals surface area (Å²) in [4.78, 5) is 72.2. The number of ether oxygens (including phenoxy) is 2. The number of phenolic OH excluding ortho intramolecular Hbond substituents is 1. The zero-order valence-electron chi connectivity index (χ0n) is 28.3. The number of aryl methyl sites for hydroxylation is 2. The summed E-state index contributed by atoms with van der Waals surface area (Å²) < 4.78 is 13.0. The Kier molecular flexibility index (Phi) is 7.48. The van der Waals surface area contributed by atoms with E-state index in [4.69, 9.17) is 26.2 Å². The molecule has 4 aromatic rings. The fourth-order valence-electron chi connectivity index (χ4n) is 9.00. The molecule has 3 fully saturated rings. The number of imide groups is 4. The molecule has 1 saturated carbocycles. The van der Waals surface area contributed by atoms with Crippen LogP contribution in [0.25, 0.3) is 20.7 Å². The predicted octanol–water partition coefficient (Wildman–Crippen LogP) is 5.97. The Bertz CT molecular complexity index is 2280. The molecule has 0 radical (unpaired) electrons. The maximum atomic E-state index is 15.0. The molecule has 12 nitrogen and oxygen atoms in total. The smallest absolute Gasteiger partial charge is 0.423 e. The summed E-state index contributed by atoms with van der Waals surface area (Å²) in [6.45, 7) is 3.74. The largest absolute Gasteiger partial charge is 0.508 e. The average molecular weight is 729 g/mol. The first-order valence-corrected chi connectivity index (χ1v) is 17.6. The summed E-state index contributed by atoms with van der Waals surface area (Å²) in [5, 5.41) is 16.7. The number of aromatic nitrogens is 2. The first kappa shape index (κ1) is 33.2. The molecule has 14 heteroatoms. The van der Waals surface area contributed by atoms with E-state index in [1.165, 1.54) is 40.2 Å². The standard InChI is InChI=1S/C37H33ClN4O8S/c1-16-22-12-17(38)6-11-27(22)51-31(16)25-15-28(40(3)39-25)41-33(45)24-14-23-19(9-10-21-29(23)34(46)42(32(21)44)36(48)50-5)30(37(24,2)35(41)47)20-8-7-18(43)13-26(20)49-4/h6-9,11-13,15,21,23-24,29-30,43H,10,14H2,1-5H3. The zero-order chi connectivity index (χ0) is 36.3. The number of hydrogen-bond acceptors (Lipinski definition) is 10. The molecule has 6 atom stereocenters. The van der Waals surface area contributed by atoms with Gasteiger partial charge in [0.25, 0.3) is 0 Å². The molecule has 262 valence electrons. The van der Waals surface area contributed by atoms with Crippen molar-refractivity contribution in [2.45, 2.75) is 32.6 Å². The van der Waals surface area contributed by atoms with Gasteiger partial charge in [-0.1, -0.05) is 29.3 Å². The number of nitrogens with zero attached hydrogens (tertiary/aromatic N) is 4. The molecular formula is C37H33ClN4O8S. The predicted molar refractivity (Wildman–Crippen MR) is 187 cm³/mol. The van der Waals surface area contributed by atoms with Crippen LogP contribution in [0.15, 0.2) is 54.1 Å². The molecule has 4 aliphatic rings. The van der Waals surface area contributed by atoms with Gasteiger partial charge in [0, 0.05) is 40.4 Å². The van der Waals surface area contributed by atoms with Crippen molar-refractivity contribution < 1.29 is 38.6 Å². The van der Waals surface area contributed by atoms with Crippen LogP contribution in [-0.4, -0.2) is 63.7 Å². The highest BCUT2D eigenvalue weighted by Gasteiger charge is 2.68. The molecular weight excluding hydrogens is 696 g/mol. The van der Waals surface area contributed by atoms with Gasteiger partial charge in [-0.25, -0.2) is 9.69 Å². The van der Waals surface area contributed by atoms with E-state index in [1.54, 1.807) is 26.1 Å². The highest BCUT2D eigenvalue weighted by atomic mass is 35.5. The third-order valence-electron chi connectivity index (χ3n) is 11.4. The molecule has 2 saturated heterocycles. The van der Waals surface area contributed by atoms with E-state index in [1.807, 2.05) is 31.2 Å². The lowest BCUT2D eigenvalue weighted by molar-refractivity contribution is -0.138. The number of rotatable bonds is 4. The third-order valence-corrected chi connectivity index (χ3v) is 12.9. The van der Waals surface area contributed by atoms with Crippen LogP contribution < -0.4 is 9.64 Å². The quantitative estimate of drug-likeness (QED) is 0.198. The number of methoxy groups -OCH3 is 2. The number of carbonyl (C=O) groups excluding carboxylic acids is 5. The zero-order valence-corrected chi connectivity index (χ0v) is 29.9. The summed E-state index contributed by atoms with van der Waals surface area (Å²) in [5.74, 6) is -5.79. The van der Waals surface area contributed by atoms with Crippen molar-refractivity contribution in [1.82, 2.24) is 14.7 Å². The number of benzene rings is 2. The minimum absolute atomic E-state index is 0.0516. The Labute approximate surface area is 301 Å². The summed E-state index contributed by atoms with van der Waals surface area (Å²) in [6, 6.07) is 12.0. The lowest BCUT2D eigenvalue weighted by Gasteiger charge is -2.49. The van der Waals surface area contributed by atoms with Crippen LogP contribution in [0.1, 0.15) is 36.8 Å². The van der Waals surface area contributed by atoms with E-state index in [-0.39, 0.29) is 18.6 Å². The molecule has 1 N–H and O–H groups in total. The highest BCUT2D eigenvalue weighted by molar-refractivity contribution is 7.22. The molecule has 8 rings (SSSR count). The van der Waals surface area contributed by atoms with E-state index < -0.39 is 64.7 Å². The number of fused-ring (bicyclic) bond motifs is 5. The van der Waals surface area contributed by atoms with E-state index in [9.17, 15) is 24.3 Å². The number of allylic oxidation sites excluding steroid dienone is 2. The molecule has 6 unspecified atom stereocenters. The van der Waals surface area contributed by atoms with Gasteiger partial charge in [0.05, 0.1) is 42.3 Å². The van der Waals surface area contributed by atoms with Crippen molar-refractivity contribution in [2.24, 2.45) is 36.1 Å². The number of likely N-dealkylation sites (tertiary alicyclic amines) is 1. The van der Waals surface area contributed by atoms with Crippen molar-refractivity contribution in [2.75, 3.05) is 19.1 Å². The Morgan fingerprint density at radius 1 is 1.04 bits per heavy atom. The number of hydrogen-bond donors (Lipinski definition) is 1. The number of halogens is 1. The van der Waals surface area contributed by atoms with Crippen LogP contribution in [0.3, 0.4) is 0 Å². The van der Waals surface area contributed by atoms with Crippen molar-refractivity contribution >= 4 is 68.6 Å². The Hall–Kier alpha value is -5.01. The van der Waals surface area contributed by atoms with E-state index in [0.29, 0.717) is 38.3 Å². The van der Waals surface area contributed by atoms with Crippen molar-refractivity contribution in [3.63, 3.8) is 0 Å². The van der Waals surface area contributed by atoms with Gasteiger partial charge in [-0.3, -0.25) is 23.9 Å². The topological polar surface area (TPSA) is 148 Å². The van der Waals surface area contributed by atoms with Gasteiger partial charge in [-0.2, -0.15) is 10.00 Å². The Balaban J connectivity index is 1.26. The second-order valence-electron chi connectivity index (χ2n) is 13.8. The highest BCUT2D eigenvalue weighted by Crippen LogP contribution is 2.64. The fraction of sp³-hybridized carbons (Fsp3) is 0.351. The number of thiophene rings is 1. The van der Waals surface area contributed by atoms with Gasteiger partial charge in [0.15, 0.2) is 0 Å². The van der Waals surface area contributed by atoms with Crippen LogP contribution >= 0.6 is 22.9 Å². The summed E-state index contributed by atoms with van der Waals surface area (Å²) in [6.07, 6.45) is 1.06. The van der Waals surface area contributed by atoms with E-state index >= 15 is 4.79 Å². The van der Waals surface area contributed by atoms with Crippen molar-refractivity contribution in [3.8, 4) is 22.1 Å². The lowest BCUT2D eigenvalue weighted by Crippen LogP contribution is -2.49. The molecule has 0 bridgehead atoms. The molecule has 2 aliphatic carbocycles.